The van der Waals surface area contributed by atoms with E-state index in [0.29, 0.717) is 0 Å². The van der Waals surface area contributed by atoms with Crippen LogP contribution in [-0.2, 0) is 4.79 Å². The number of nitrogens with one attached hydrogen (secondary N) is 1. The summed E-state index contributed by atoms with van der Waals surface area (Å²) in [6.45, 7) is -0.688. The lowest BCUT2D eigenvalue weighted by atomic mass is 10.1. The molecule has 0 amide bonds. The van der Waals surface area contributed by atoms with Crippen molar-refractivity contribution in [3.05, 3.63) is 0 Å². The van der Waals surface area contributed by atoms with Gasteiger partial charge < -0.3 is 10.5 Å². The maximum Gasteiger partial charge on any atom is 0.312 e. The lowest BCUT2D eigenvalue weighted by molar-refractivity contribution is -0.139. The molecular weight excluding hydrogens is 125 g/mol. The van der Waals surface area contributed by atoms with Gasteiger partial charge in [-0.15, -0.1) is 0 Å². The summed E-state index contributed by atoms with van der Waals surface area (Å²) in [5.74, 6) is -2.09. The number of aliphatic carboxylic acids is 1. The lowest BCUT2D eigenvalue weighted by Crippen LogP contribution is -2.14. The van der Waals surface area contributed by atoms with Gasteiger partial charge in [0.05, 0.1) is 12.6 Å². The van der Waals surface area contributed by atoms with E-state index in [2.05, 4.69) is 0 Å². The van der Waals surface area contributed by atoms with Crippen molar-refractivity contribution in [1.29, 1.82) is 5.41 Å². The Balaban J connectivity index is 3.68. The zero-order valence-electron chi connectivity index (χ0n) is 4.80. The Morgan fingerprint density at radius 1 is 1.89 bits per heavy atom. The molecule has 1 atom stereocenters. The average Bonchev–Trinajstić information content (AvgIpc) is 1.82. The first-order chi connectivity index (χ1) is 4.22. The van der Waals surface area contributed by atoms with E-state index in [-0.39, 0.29) is 6.42 Å². The summed E-state index contributed by atoms with van der Waals surface area (Å²) >= 11 is 0. The highest BCUT2D eigenvalue weighted by Gasteiger charge is 2.12. The Labute approximate surface area is 52.0 Å². The third-order valence-corrected chi connectivity index (χ3v) is 0.938. The molecule has 0 radical (unpaired) electrons. The predicted octanol–water partition coefficient (Wildman–Crippen LogP) is 0.696. The molecule has 0 rings (SSSR count). The Bertz CT molecular complexity index is 116. The molecule has 0 bridgehead atoms. The molecule has 2 N–H and O–H groups in total. The fourth-order valence-corrected chi connectivity index (χ4v) is 0.396. The van der Waals surface area contributed by atoms with Gasteiger partial charge >= 0.3 is 5.97 Å². The quantitative estimate of drug-likeness (QED) is 0.554. The Kier molecular flexibility index (Phi) is 3.59. The van der Waals surface area contributed by atoms with Gasteiger partial charge in [0.1, 0.15) is 0 Å². The molecule has 0 aromatic heterocycles. The van der Waals surface area contributed by atoms with Crippen molar-refractivity contribution < 1.29 is 14.3 Å². The standard InChI is InChI=1S/C5H8FNO2/c6-2-1-4(3-7)5(8)9/h3-4,7H,1-2H2,(H,8,9). The third kappa shape index (κ3) is 2.79. The summed E-state index contributed by atoms with van der Waals surface area (Å²) in [5.41, 5.74) is 0. The Hall–Kier alpha value is -0.930. The summed E-state index contributed by atoms with van der Waals surface area (Å²) in [4.78, 5) is 10.0. The minimum absolute atomic E-state index is 0.0984. The second kappa shape index (κ2) is 4.00. The van der Waals surface area contributed by atoms with Crippen molar-refractivity contribution in [3.63, 3.8) is 0 Å². The number of halogens is 1. The molecule has 0 aliphatic rings. The van der Waals surface area contributed by atoms with Crippen LogP contribution in [0.15, 0.2) is 0 Å². The zero-order chi connectivity index (χ0) is 7.28. The van der Waals surface area contributed by atoms with Gasteiger partial charge in [-0.25, -0.2) is 0 Å². The van der Waals surface area contributed by atoms with Crippen LogP contribution in [0.1, 0.15) is 6.42 Å². The van der Waals surface area contributed by atoms with Crippen LogP contribution in [0.25, 0.3) is 0 Å². The summed E-state index contributed by atoms with van der Waals surface area (Å²) < 4.78 is 11.4. The monoisotopic (exact) mass is 133 g/mol. The number of carbonyl (C=O) groups is 1. The lowest BCUT2D eigenvalue weighted by Gasteiger charge is -1.99. The van der Waals surface area contributed by atoms with E-state index in [4.69, 9.17) is 10.5 Å². The molecule has 0 saturated carbocycles. The Morgan fingerprint density at radius 2 is 2.44 bits per heavy atom. The van der Waals surface area contributed by atoms with Crippen LogP contribution in [0.2, 0.25) is 0 Å². The van der Waals surface area contributed by atoms with Gasteiger partial charge in [-0.05, 0) is 6.42 Å². The van der Waals surface area contributed by atoms with Gasteiger partial charge in [-0.1, -0.05) is 0 Å². The molecule has 4 heteroatoms. The minimum atomic E-state index is -1.14. The van der Waals surface area contributed by atoms with Crippen LogP contribution < -0.4 is 0 Å². The van der Waals surface area contributed by atoms with Gasteiger partial charge in [0, 0.05) is 6.21 Å². The summed E-state index contributed by atoms with van der Waals surface area (Å²) in [7, 11) is 0. The van der Waals surface area contributed by atoms with E-state index >= 15 is 0 Å². The van der Waals surface area contributed by atoms with Gasteiger partial charge in [-0.3, -0.25) is 9.18 Å². The predicted molar refractivity (Wildman–Crippen MR) is 30.5 cm³/mol. The van der Waals surface area contributed by atoms with Crippen LogP contribution >= 0.6 is 0 Å². The molecule has 0 spiro atoms. The first-order valence-corrected chi connectivity index (χ1v) is 2.51. The van der Waals surface area contributed by atoms with Crippen LogP contribution in [0.5, 0.6) is 0 Å². The number of hydrogen-bond donors (Lipinski definition) is 2. The van der Waals surface area contributed by atoms with Crippen molar-refractivity contribution in [2.75, 3.05) is 6.67 Å². The second-order valence-electron chi connectivity index (χ2n) is 1.59. The van der Waals surface area contributed by atoms with Crippen molar-refractivity contribution in [3.8, 4) is 0 Å². The van der Waals surface area contributed by atoms with Crippen LogP contribution in [0, 0.1) is 11.3 Å². The maximum atomic E-state index is 11.4. The number of alkyl halides is 1. The third-order valence-electron chi connectivity index (χ3n) is 0.938. The summed E-state index contributed by atoms with van der Waals surface area (Å²) in [6, 6.07) is 0. The molecule has 0 aliphatic heterocycles. The number of rotatable bonds is 4. The fourth-order valence-electron chi connectivity index (χ4n) is 0.396. The second-order valence-corrected chi connectivity index (χ2v) is 1.59. The molecule has 0 aliphatic carbocycles. The molecule has 3 nitrogen and oxygen atoms in total. The average molecular weight is 133 g/mol. The number of hydrogen-bond acceptors (Lipinski definition) is 2. The molecule has 0 saturated heterocycles. The molecule has 0 fully saturated rings. The molecule has 0 heterocycles. The number of carboxylic acid groups (broad SMARTS) is 1. The molecular formula is C5H8FNO2. The molecule has 9 heavy (non-hydrogen) atoms. The van der Waals surface area contributed by atoms with Crippen molar-refractivity contribution in [1.82, 2.24) is 0 Å². The topological polar surface area (TPSA) is 61.2 Å². The SMILES string of the molecule is N=CC(CCF)C(=O)O. The normalized spacial score (nSPS) is 12.6. The van der Waals surface area contributed by atoms with E-state index in [0.717, 1.165) is 6.21 Å². The van der Waals surface area contributed by atoms with Gasteiger partial charge in [0.25, 0.3) is 0 Å². The van der Waals surface area contributed by atoms with Crippen molar-refractivity contribution in [2.45, 2.75) is 6.42 Å². The van der Waals surface area contributed by atoms with Gasteiger partial charge in [0.15, 0.2) is 0 Å². The highest BCUT2D eigenvalue weighted by molar-refractivity contribution is 5.87. The van der Waals surface area contributed by atoms with Crippen molar-refractivity contribution >= 4 is 12.2 Å². The molecule has 0 aromatic rings. The maximum absolute atomic E-state index is 11.4. The highest BCUT2D eigenvalue weighted by Crippen LogP contribution is 1.98. The van der Waals surface area contributed by atoms with Crippen molar-refractivity contribution in [2.24, 2.45) is 5.92 Å². The van der Waals surface area contributed by atoms with Crippen LogP contribution in [0.4, 0.5) is 4.39 Å². The first kappa shape index (κ1) is 8.07. The van der Waals surface area contributed by atoms with E-state index < -0.39 is 18.6 Å². The Morgan fingerprint density at radius 3 is 2.56 bits per heavy atom. The smallest absolute Gasteiger partial charge is 0.312 e. The van der Waals surface area contributed by atoms with E-state index in [9.17, 15) is 9.18 Å². The molecule has 0 aromatic carbocycles. The first-order valence-electron chi connectivity index (χ1n) is 2.51. The molecule has 52 valence electrons. The summed E-state index contributed by atoms with van der Waals surface area (Å²) in [6.07, 6.45) is 0.640. The van der Waals surface area contributed by atoms with Crippen LogP contribution in [0.3, 0.4) is 0 Å². The highest BCUT2D eigenvalue weighted by atomic mass is 19.1. The van der Waals surface area contributed by atoms with Gasteiger partial charge in [-0.2, -0.15) is 0 Å². The molecule has 1 unspecified atom stereocenters. The zero-order valence-corrected chi connectivity index (χ0v) is 4.80. The van der Waals surface area contributed by atoms with Gasteiger partial charge in [0.2, 0.25) is 0 Å². The van der Waals surface area contributed by atoms with E-state index in [1.165, 1.54) is 0 Å². The minimum Gasteiger partial charge on any atom is -0.481 e. The summed E-state index contributed by atoms with van der Waals surface area (Å²) in [5, 5.41) is 14.7. The van der Waals surface area contributed by atoms with E-state index in [1.807, 2.05) is 0 Å². The number of carboxylic acids is 1. The van der Waals surface area contributed by atoms with E-state index in [1.54, 1.807) is 0 Å². The largest absolute Gasteiger partial charge is 0.481 e. The fraction of sp³-hybridized carbons (Fsp3) is 0.600. The van der Waals surface area contributed by atoms with Crippen LogP contribution in [-0.4, -0.2) is 24.0 Å².